The van der Waals surface area contributed by atoms with Crippen LogP contribution in [0.3, 0.4) is 0 Å². The minimum absolute atomic E-state index is 0.410. The molecule has 0 saturated heterocycles. The number of hydrogen-bond donors (Lipinski definition) is 2. The molecular formula is C12H18ClNO. The van der Waals surface area contributed by atoms with E-state index in [1.807, 2.05) is 32.0 Å². The molecule has 1 atom stereocenters. The molecule has 0 amide bonds. The highest BCUT2D eigenvalue weighted by molar-refractivity contribution is 6.23. The third-order valence-corrected chi connectivity index (χ3v) is 2.56. The molecule has 0 fully saturated rings. The van der Waals surface area contributed by atoms with Crippen molar-refractivity contribution >= 4 is 17.3 Å². The smallest absolute Gasteiger partial charge is 0.0642 e. The van der Waals surface area contributed by atoms with Crippen LogP contribution in [0.4, 0.5) is 5.69 Å². The molecule has 0 spiro atoms. The normalized spacial score (nSPS) is 13.9. The van der Waals surface area contributed by atoms with Crippen LogP contribution < -0.4 is 5.73 Å². The molecule has 0 aliphatic heterocycles. The van der Waals surface area contributed by atoms with Crippen LogP contribution >= 0.6 is 11.6 Å². The molecule has 0 aliphatic carbocycles. The van der Waals surface area contributed by atoms with Gasteiger partial charge < -0.3 is 10.8 Å². The summed E-state index contributed by atoms with van der Waals surface area (Å²) in [6.07, 6.45) is 0.130. The lowest BCUT2D eigenvalue weighted by Gasteiger charge is -2.22. The van der Waals surface area contributed by atoms with Crippen LogP contribution in [0.25, 0.3) is 0 Å². The minimum Gasteiger partial charge on any atom is -0.398 e. The van der Waals surface area contributed by atoms with Gasteiger partial charge in [0.05, 0.1) is 11.0 Å². The van der Waals surface area contributed by atoms with Crippen LogP contribution in [0, 0.1) is 0 Å². The highest BCUT2D eigenvalue weighted by Crippen LogP contribution is 2.33. The summed E-state index contributed by atoms with van der Waals surface area (Å²) in [5.41, 5.74) is 8.54. The van der Waals surface area contributed by atoms with Crippen molar-refractivity contribution in [1.82, 2.24) is 0 Å². The van der Waals surface area contributed by atoms with Crippen molar-refractivity contribution < 1.29 is 5.11 Å². The Labute approximate surface area is 96.1 Å². The number of halogens is 1. The summed E-state index contributed by atoms with van der Waals surface area (Å²) in [6, 6.07) is 5.69. The summed E-state index contributed by atoms with van der Waals surface area (Å²) in [7, 11) is 0. The molecule has 84 valence electrons. The van der Waals surface area contributed by atoms with Gasteiger partial charge >= 0.3 is 0 Å². The van der Waals surface area contributed by atoms with Gasteiger partial charge in [0.2, 0.25) is 0 Å². The molecule has 0 saturated carbocycles. The predicted molar refractivity (Wildman–Crippen MR) is 65.1 cm³/mol. The van der Waals surface area contributed by atoms with Crippen molar-refractivity contribution in [2.75, 3.05) is 5.73 Å². The Hall–Kier alpha value is -0.730. The van der Waals surface area contributed by atoms with E-state index in [-0.39, 0.29) is 0 Å². The van der Waals surface area contributed by atoms with Gasteiger partial charge in [-0.2, -0.15) is 0 Å². The van der Waals surface area contributed by atoms with Crippen LogP contribution in [-0.4, -0.2) is 11.2 Å². The maximum absolute atomic E-state index is 9.42. The van der Waals surface area contributed by atoms with Crippen molar-refractivity contribution in [1.29, 1.82) is 0 Å². The average molecular weight is 228 g/mol. The Morgan fingerprint density at radius 1 is 1.47 bits per heavy atom. The first-order valence-electron chi connectivity index (χ1n) is 5.07. The molecule has 2 nitrogen and oxygen atoms in total. The number of nitrogens with two attached hydrogens (primary N) is 1. The second-order valence-corrected chi connectivity index (χ2v) is 5.34. The van der Waals surface area contributed by atoms with Crippen LogP contribution in [0.2, 0.25) is 0 Å². The topological polar surface area (TPSA) is 46.2 Å². The minimum atomic E-state index is -0.459. The number of anilines is 1. The third-order valence-electron chi connectivity index (χ3n) is 2.35. The summed E-state index contributed by atoms with van der Waals surface area (Å²) < 4.78 is 0. The van der Waals surface area contributed by atoms with E-state index >= 15 is 0 Å². The lowest BCUT2D eigenvalue weighted by Crippen LogP contribution is -2.16. The summed E-state index contributed by atoms with van der Waals surface area (Å²) in [6.45, 7) is 5.60. The number of alkyl halides is 1. The van der Waals surface area contributed by atoms with Gasteiger partial charge in [0.25, 0.3) is 0 Å². The second-order valence-electron chi connectivity index (χ2n) is 4.40. The molecule has 1 unspecified atom stereocenters. The third kappa shape index (κ3) is 3.11. The Morgan fingerprint density at radius 3 is 2.53 bits per heavy atom. The number of rotatable bonds is 3. The van der Waals surface area contributed by atoms with E-state index in [9.17, 15) is 5.11 Å². The number of benzene rings is 1. The van der Waals surface area contributed by atoms with Crippen LogP contribution in [0.15, 0.2) is 18.2 Å². The van der Waals surface area contributed by atoms with E-state index in [0.29, 0.717) is 12.1 Å². The van der Waals surface area contributed by atoms with Gasteiger partial charge in [0.1, 0.15) is 0 Å². The fourth-order valence-electron chi connectivity index (χ4n) is 1.68. The van der Waals surface area contributed by atoms with Crippen molar-refractivity contribution in [2.45, 2.75) is 38.2 Å². The van der Waals surface area contributed by atoms with Gasteiger partial charge in [0, 0.05) is 12.1 Å². The molecule has 3 heteroatoms. The Kier molecular flexibility index (Phi) is 3.63. The maximum atomic E-state index is 9.42. The number of aliphatic hydroxyl groups is 1. The van der Waals surface area contributed by atoms with Crippen LogP contribution in [0.5, 0.6) is 0 Å². The lowest BCUT2D eigenvalue weighted by atomic mass is 9.92. The maximum Gasteiger partial charge on any atom is 0.0642 e. The molecular weight excluding hydrogens is 210 g/mol. The van der Waals surface area contributed by atoms with E-state index in [1.165, 1.54) is 0 Å². The second kappa shape index (κ2) is 4.42. The fourth-order valence-corrected chi connectivity index (χ4v) is 1.86. The van der Waals surface area contributed by atoms with Gasteiger partial charge in [-0.15, -0.1) is 11.6 Å². The van der Waals surface area contributed by atoms with Crippen molar-refractivity contribution in [2.24, 2.45) is 0 Å². The zero-order chi connectivity index (χ0) is 11.6. The van der Waals surface area contributed by atoms with Gasteiger partial charge in [-0.1, -0.05) is 12.1 Å². The molecule has 1 aromatic carbocycles. The largest absolute Gasteiger partial charge is 0.398 e. The highest BCUT2D eigenvalue weighted by atomic mass is 35.5. The molecule has 0 aromatic heterocycles. The zero-order valence-corrected chi connectivity index (χ0v) is 10.2. The standard InChI is InChI=1S/C12H18ClNO/c1-8(15)7-9-10(12(2,3)13)5-4-6-11(9)14/h4-6,8,15H,7,14H2,1-3H3. The van der Waals surface area contributed by atoms with E-state index in [4.69, 9.17) is 17.3 Å². The van der Waals surface area contributed by atoms with E-state index < -0.39 is 11.0 Å². The van der Waals surface area contributed by atoms with E-state index in [2.05, 4.69) is 0 Å². The molecule has 1 aromatic rings. The van der Waals surface area contributed by atoms with E-state index in [1.54, 1.807) is 6.92 Å². The SMILES string of the molecule is CC(O)Cc1c(N)cccc1C(C)(C)Cl. The Bertz CT molecular complexity index is 342. The number of nitrogen functional groups attached to an aromatic ring is 1. The molecule has 0 heterocycles. The van der Waals surface area contributed by atoms with Gasteiger partial charge in [-0.05, 0) is 38.0 Å². The molecule has 1 rings (SSSR count). The van der Waals surface area contributed by atoms with Gasteiger partial charge in [-0.25, -0.2) is 0 Å². The zero-order valence-electron chi connectivity index (χ0n) is 9.42. The summed E-state index contributed by atoms with van der Waals surface area (Å²) in [4.78, 5) is -0.459. The summed E-state index contributed by atoms with van der Waals surface area (Å²) in [5.74, 6) is 0. The molecule has 15 heavy (non-hydrogen) atoms. The van der Waals surface area contributed by atoms with E-state index in [0.717, 1.165) is 11.1 Å². The Balaban J connectivity index is 3.21. The van der Waals surface area contributed by atoms with Gasteiger partial charge in [-0.3, -0.25) is 0 Å². The molecule has 0 aliphatic rings. The average Bonchev–Trinajstić information content (AvgIpc) is 2.05. The monoisotopic (exact) mass is 227 g/mol. The number of hydrogen-bond acceptors (Lipinski definition) is 2. The summed E-state index contributed by atoms with van der Waals surface area (Å²) in [5, 5.41) is 9.42. The van der Waals surface area contributed by atoms with Crippen molar-refractivity contribution in [3.63, 3.8) is 0 Å². The predicted octanol–water partition coefficient (Wildman–Crippen LogP) is 2.67. The van der Waals surface area contributed by atoms with Gasteiger partial charge in [0.15, 0.2) is 0 Å². The van der Waals surface area contributed by atoms with Crippen molar-refractivity contribution in [3.05, 3.63) is 29.3 Å². The first kappa shape index (κ1) is 12.3. The molecule has 0 radical (unpaired) electrons. The first-order valence-corrected chi connectivity index (χ1v) is 5.45. The number of aliphatic hydroxyl groups excluding tert-OH is 1. The first-order chi connectivity index (χ1) is 6.82. The highest BCUT2D eigenvalue weighted by Gasteiger charge is 2.22. The lowest BCUT2D eigenvalue weighted by molar-refractivity contribution is 0.195. The van der Waals surface area contributed by atoms with Crippen LogP contribution in [-0.2, 0) is 11.3 Å². The molecule has 0 bridgehead atoms. The molecule has 3 N–H and O–H groups in total. The quantitative estimate of drug-likeness (QED) is 0.616. The summed E-state index contributed by atoms with van der Waals surface area (Å²) >= 11 is 6.28. The van der Waals surface area contributed by atoms with Crippen molar-refractivity contribution in [3.8, 4) is 0 Å². The van der Waals surface area contributed by atoms with Crippen LogP contribution in [0.1, 0.15) is 31.9 Å². The Morgan fingerprint density at radius 2 is 2.07 bits per heavy atom. The fraction of sp³-hybridized carbons (Fsp3) is 0.500.